The lowest BCUT2D eigenvalue weighted by molar-refractivity contribution is -0.132. The van der Waals surface area contributed by atoms with Crippen molar-refractivity contribution in [1.82, 2.24) is 9.80 Å². The van der Waals surface area contributed by atoms with Crippen LogP contribution in [0.2, 0.25) is 0 Å². The highest BCUT2D eigenvalue weighted by Crippen LogP contribution is 2.10. The molecular weight excluding hydrogens is 238 g/mol. The van der Waals surface area contributed by atoms with Crippen LogP contribution in [0.15, 0.2) is 24.3 Å². The number of piperazine rings is 1. The fourth-order valence-corrected chi connectivity index (χ4v) is 2.27. The number of benzene rings is 1. The number of anilines is 1. The zero-order chi connectivity index (χ0) is 13.7. The van der Waals surface area contributed by atoms with Crippen molar-refractivity contribution in [3.63, 3.8) is 0 Å². The van der Waals surface area contributed by atoms with Crippen LogP contribution in [0.25, 0.3) is 0 Å². The standard InChI is InChI=1S/C15H19N3O/c1-2-6-17-7-9-18(10-8-17)15(19)12-13-4-3-5-14(16)11-13/h1,3-5,11H,6-10,12,16H2. The van der Waals surface area contributed by atoms with Crippen molar-refractivity contribution in [2.45, 2.75) is 6.42 Å². The lowest BCUT2D eigenvalue weighted by Gasteiger charge is -2.33. The average Bonchev–Trinajstić information content (AvgIpc) is 2.40. The quantitative estimate of drug-likeness (QED) is 0.637. The highest BCUT2D eigenvalue weighted by Gasteiger charge is 2.20. The molecule has 0 aliphatic carbocycles. The van der Waals surface area contributed by atoms with Gasteiger partial charge in [-0.1, -0.05) is 18.1 Å². The SMILES string of the molecule is C#CCN1CCN(C(=O)Cc2cccc(N)c2)CC1. The van der Waals surface area contributed by atoms with Crippen LogP contribution in [0, 0.1) is 12.3 Å². The van der Waals surface area contributed by atoms with Gasteiger partial charge in [0.25, 0.3) is 0 Å². The fraction of sp³-hybridized carbons (Fsp3) is 0.400. The third-order valence-electron chi connectivity index (χ3n) is 3.35. The minimum atomic E-state index is 0.158. The molecule has 0 bridgehead atoms. The second-order valence-electron chi connectivity index (χ2n) is 4.78. The third-order valence-corrected chi connectivity index (χ3v) is 3.35. The van der Waals surface area contributed by atoms with Crippen LogP contribution in [0.3, 0.4) is 0 Å². The zero-order valence-corrected chi connectivity index (χ0v) is 11.0. The molecule has 1 aliphatic heterocycles. The zero-order valence-electron chi connectivity index (χ0n) is 11.0. The maximum atomic E-state index is 12.2. The van der Waals surface area contributed by atoms with Gasteiger partial charge in [0, 0.05) is 31.9 Å². The molecule has 1 aromatic carbocycles. The Balaban J connectivity index is 1.86. The van der Waals surface area contributed by atoms with Gasteiger partial charge in [-0.15, -0.1) is 6.42 Å². The Labute approximate surface area is 114 Å². The molecule has 1 aromatic rings. The Morgan fingerprint density at radius 3 is 2.68 bits per heavy atom. The summed E-state index contributed by atoms with van der Waals surface area (Å²) in [6.07, 6.45) is 5.70. The monoisotopic (exact) mass is 257 g/mol. The first-order chi connectivity index (χ1) is 9.19. The molecular formula is C15H19N3O. The molecule has 0 aromatic heterocycles. The lowest BCUT2D eigenvalue weighted by atomic mass is 10.1. The number of nitrogen functional groups attached to an aromatic ring is 1. The largest absolute Gasteiger partial charge is 0.399 e. The Hall–Kier alpha value is -1.99. The first-order valence-electron chi connectivity index (χ1n) is 6.47. The Kier molecular flexibility index (Phi) is 4.43. The van der Waals surface area contributed by atoms with E-state index >= 15 is 0 Å². The van der Waals surface area contributed by atoms with Gasteiger partial charge < -0.3 is 10.6 Å². The molecule has 1 heterocycles. The van der Waals surface area contributed by atoms with E-state index in [1.54, 1.807) is 0 Å². The molecule has 4 nitrogen and oxygen atoms in total. The van der Waals surface area contributed by atoms with Gasteiger partial charge >= 0.3 is 0 Å². The van der Waals surface area contributed by atoms with Crippen molar-refractivity contribution >= 4 is 11.6 Å². The number of carbonyl (C=O) groups is 1. The summed E-state index contributed by atoms with van der Waals surface area (Å²) < 4.78 is 0. The minimum Gasteiger partial charge on any atom is -0.399 e. The van der Waals surface area contributed by atoms with Crippen LogP contribution in [0.5, 0.6) is 0 Å². The molecule has 19 heavy (non-hydrogen) atoms. The molecule has 100 valence electrons. The van der Waals surface area contributed by atoms with Gasteiger partial charge in [-0.2, -0.15) is 0 Å². The molecule has 1 fully saturated rings. The topological polar surface area (TPSA) is 49.6 Å². The molecule has 2 N–H and O–H groups in total. The highest BCUT2D eigenvalue weighted by atomic mass is 16.2. The van der Waals surface area contributed by atoms with E-state index in [1.807, 2.05) is 29.2 Å². The van der Waals surface area contributed by atoms with E-state index in [9.17, 15) is 4.79 Å². The normalized spacial score (nSPS) is 16.1. The molecule has 0 unspecified atom stereocenters. The van der Waals surface area contributed by atoms with Gasteiger partial charge in [0.1, 0.15) is 0 Å². The van der Waals surface area contributed by atoms with Crippen molar-refractivity contribution in [2.24, 2.45) is 0 Å². The first kappa shape index (κ1) is 13.4. The van der Waals surface area contributed by atoms with Crippen molar-refractivity contribution in [1.29, 1.82) is 0 Å². The van der Waals surface area contributed by atoms with Gasteiger partial charge in [0.2, 0.25) is 5.91 Å². The molecule has 2 rings (SSSR count). The summed E-state index contributed by atoms with van der Waals surface area (Å²) >= 11 is 0. The highest BCUT2D eigenvalue weighted by molar-refractivity contribution is 5.79. The second kappa shape index (κ2) is 6.26. The minimum absolute atomic E-state index is 0.158. The van der Waals surface area contributed by atoms with Crippen LogP contribution in [-0.2, 0) is 11.2 Å². The molecule has 1 amide bonds. The molecule has 1 saturated heterocycles. The molecule has 0 radical (unpaired) electrons. The molecule has 0 spiro atoms. The summed E-state index contributed by atoms with van der Waals surface area (Å²) in [4.78, 5) is 16.3. The second-order valence-corrected chi connectivity index (χ2v) is 4.78. The number of hydrogen-bond acceptors (Lipinski definition) is 3. The van der Waals surface area contributed by atoms with Crippen molar-refractivity contribution in [3.05, 3.63) is 29.8 Å². The third kappa shape index (κ3) is 3.73. The average molecular weight is 257 g/mol. The van der Waals surface area contributed by atoms with Crippen LogP contribution in [0.1, 0.15) is 5.56 Å². The number of carbonyl (C=O) groups excluding carboxylic acids is 1. The van der Waals surface area contributed by atoms with E-state index < -0.39 is 0 Å². The van der Waals surface area contributed by atoms with Gasteiger partial charge in [-0.3, -0.25) is 9.69 Å². The summed E-state index contributed by atoms with van der Waals surface area (Å²) in [6.45, 7) is 3.88. The summed E-state index contributed by atoms with van der Waals surface area (Å²) in [5, 5.41) is 0. The summed E-state index contributed by atoms with van der Waals surface area (Å²) in [6, 6.07) is 7.49. The fourth-order valence-electron chi connectivity index (χ4n) is 2.27. The Morgan fingerprint density at radius 1 is 1.32 bits per heavy atom. The number of nitrogens with two attached hydrogens (primary N) is 1. The number of nitrogens with zero attached hydrogens (tertiary/aromatic N) is 2. The van der Waals surface area contributed by atoms with E-state index in [1.165, 1.54) is 0 Å². The Morgan fingerprint density at radius 2 is 2.05 bits per heavy atom. The number of amides is 1. The Bertz CT molecular complexity index is 484. The van der Waals surface area contributed by atoms with Crippen molar-refractivity contribution in [3.8, 4) is 12.3 Å². The first-order valence-corrected chi connectivity index (χ1v) is 6.47. The van der Waals surface area contributed by atoms with E-state index in [4.69, 9.17) is 12.2 Å². The lowest BCUT2D eigenvalue weighted by Crippen LogP contribution is -2.49. The summed E-state index contributed by atoms with van der Waals surface area (Å²) in [5.41, 5.74) is 7.38. The van der Waals surface area contributed by atoms with Gasteiger partial charge in [-0.05, 0) is 17.7 Å². The molecule has 0 saturated carbocycles. The maximum Gasteiger partial charge on any atom is 0.227 e. The van der Waals surface area contributed by atoms with Gasteiger partial charge in [0.05, 0.1) is 13.0 Å². The number of rotatable bonds is 3. The predicted octanol–water partition coefficient (Wildman–Crippen LogP) is 0.589. The number of hydrogen-bond donors (Lipinski definition) is 1. The molecule has 0 atom stereocenters. The van der Waals surface area contributed by atoms with Crippen LogP contribution < -0.4 is 5.73 Å². The molecule has 4 heteroatoms. The number of terminal acetylenes is 1. The summed E-state index contributed by atoms with van der Waals surface area (Å²) in [7, 11) is 0. The van der Waals surface area contributed by atoms with Crippen molar-refractivity contribution < 1.29 is 4.79 Å². The predicted molar refractivity (Wildman–Crippen MR) is 76.4 cm³/mol. The van der Waals surface area contributed by atoms with E-state index in [-0.39, 0.29) is 5.91 Å². The van der Waals surface area contributed by atoms with E-state index in [0.29, 0.717) is 18.7 Å². The van der Waals surface area contributed by atoms with Crippen LogP contribution in [0.4, 0.5) is 5.69 Å². The van der Waals surface area contributed by atoms with Gasteiger partial charge in [-0.25, -0.2) is 0 Å². The van der Waals surface area contributed by atoms with E-state index in [0.717, 1.165) is 31.7 Å². The van der Waals surface area contributed by atoms with Crippen molar-refractivity contribution in [2.75, 3.05) is 38.5 Å². The maximum absolute atomic E-state index is 12.2. The van der Waals surface area contributed by atoms with Crippen LogP contribution >= 0.6 is 0 Å². The van der Waals surface area contributed by atoms with Gasteiger partial charge in [0.15, 0.2) is 0 Å². The molecule has 1 aliphatic rings. The van der Waals surface area contributed by atoms with E-state index in [2.05, 4.69) is 10.8 Å². The smallest absolute Gasteiger partial charge is 0.227 e. The summed E-state index contributed by atoms with van der Waals surface area (Å²) in [5.74, 6) is 2.79. The van der Waals surface area contributed by atoms with Crippen LogP contribution in [-0.4, -0.2) is 48.4 Å².